The van der Waals surface area contributed by atoms with Crippen LogP contribution >= 0.6 is 11.6 Å². The molecule has 28 heavy (non-hydrogen) atoms. The van der Waals surface area contributed by atoms with Gasteiger partial charge in [-0.1, -0.05) is 17.7 Å². The van der Waals surface area contributed by atoms with Crippen LogP contribution in [0, 0.1) is 5.92 Å². The molecule has 0 spiro atoms. The van der Waals surface area contributed by atoms with Crippen LogP contribution in [0.15, 0.2) is 23.0 Å². The van der Waals surface area contributed by atoms with E-state index in [1.807, 2.05) is 0 Å². The first-order chi connectivity index (χ1) is 13.1. The third-order valence-electron chi connectivity index (χ3n) is 4.86. The number of carbonyl (C=O) groups is 1. The van der Waals surface area contributed by atoms with Crippen LogP contribution in [0.4, 0.5) is 4.79 Å². The number of fused-ring (bicyclic) bond motifs is 1. The fourth-order valence-corrected chi connectivity index (χ4v) is 3.74. The number of aromatic nitrogens is 2. The van der Waals surface area contributed by atoms with Gasteiger partial charge in [0.25, 0.3) is 5.56 Å². The van der Waals surface area contributed by atoms with Gasteiger partial charge in [-0.05, 0) is 58.6 Å². The van der Waals surface area contributed by atoms with Gasteiger partial charge in [0.2, 0.25) is 0 Å². The summed E-state index contributed by atoms with van der Waals surface area (Å²) >= 11 is 6.26. The number of carbonyl (C=O) groups excluding carboxylic acids is 1. The fourth-order valence-electron chi connectivity index (χ4n) is 3.49. The zero-order valence-electron chi connectivity index (χ0n) is 16.5. The Balaban J connectivity index is 2.02. The first-order valence-corrected chi connectivity index (χ1v) is 9.79. The fraction of sp³-hybridized carbons (Fsp3) is 0.550. The van der Waals surface area contributed by atoms with Gasteiger partial charge >= 0.3 is 6.09 Å². The molecule has 0 aliphatic heterocycles. The van der Waals surface area contributed by atoms with Crippen LogP contribution in [0.5, 0.6) is 0 Å². The van der Waals surface area contributed by atoms with Gasteiger partial charge in [-0.15, -0.1) is 0 Å². The second-order valence-electron chi connectivity index (χ2n) is 8.32. The first kappa shape index (κ1) is 20.6. The highest BCUT2D eigenvalue weighted by molar-refractivity contribution is 6.35. The molecule has 2 N–H and O–H groups in total. The predicted molar refractivity (Wildman–Crippen MR) is 108 cm³/mol. The minimum absolute atomic E-state index is 0.0873. The van der Waals surface area contributed by atoms with Crippen molar-refractivity contribution >= 4 is 28.6 Å². The van der Waals surface area contributed by atoms with Crippen molar-refractivity contribution in [3.63, 3.8) is 0 Å². The molecule has 8 heteroatoms. The number of ether oxygens (including phenoxy) is 1. The summed E-state index contributed by atoms with van der Waals surface area (Å²) < 4.78 is 6.94. The van der Waals surface area contributed by atoms with Gasteiger partial charge in [-0.3, -0.25) is 9.36 Å². The van der Waals surface area contributed by atoms with E-state index in [1.165, 1.54) is 0 Å². The average Bonchev–Trinajstić information content (AvgIpc) is 2.53. The average molecular weight is 408 g/mol. The van der Waals surface area contributed by atoms with E-state index in [-0.39, 0.29) is 24.1 Å². The highest BCUT2D eigenvalue weighted by Crippen LogP contribution is 2.38. The van der Waals surface area contributed by atoms with Gasteiger partial charge in [-0.2, -0.15) is 0 Å². The minimum atomic E-state index is -0.629. The molecule has 1 atom stereocenters. The molecule has 0 radical (unpaired) electrons. The molecule has 1 amide bonds. The van der Waals surface area contributed by atoms with Gasteiger partial charge in [0.15, 0.2) is 0 Å². The highest BCUT2D eigenvalue weighted by Gasteiger charge is 2.34. The molecule has 152 valence electrons. The lowest BCUT2D eigenvalue weighted by atomic mass is 9.80. The number of nitrogens with one attached hydrogen (secondary N) is 1. The Hall–Kier alpha value is -2.12. The SMILES string of the molecule is CC(NC(=O)OC(C)(C)C)c1nc2cccc(Cl)c2c(=O)n1C1CC(CO)C1. The second-order valence-corrected chi connectivity index (χ2v) is 8.73. The largest absolute Gasteiger partial charge is 0.444 e. The topological polar surface area (TPSA) is 93.5 Å². The summed E-state index contributed by atoms with van der Waals surface area (Å²) in [4.78, 5) is 30.1. The summed E-state index contributed by atoms with van der Waals surface area (Å²) in [6.07, 6.45) is 0.786. The number of aliphatic hydroxyl groups excluding tert-OH is 1. The van der Waals surface area contributed by atoms with Gasteiger partial charge in [-0.25, -0.2) is 9.78 Å². The summed E-state index contributed by atoms with van der Waals surface area (Å²) in [5, 5.41) is 12.8. The minimum Gasteiger partial charge on any atom is -0.444 e. The lowest BCUT2D eigenvalue weighted by molar-refractivity contribution is 0.0501. The smallest absolute Gasteiger partial charge is 0.408 e. The third kappa shape index (κ3) is 4.15. The van der Waals surface area contributed by atoms with Gasteiger partial charge in [0, 0.05) is 12.6 Å². The van der Waals surface area contributed by atoms with E-state index < -0.39 is 17.7 Å². The van der Waals surface area contributed by atoms with Crippen LogP contribution in [0.1, 0.15) is 58.4 Å². The number of benzene rings is 1. The number of halogens is 1. The quantitative estimate of drug-likeness (QED) is 0.807. The van der Waals surface area contributed by atoms with Crippen molar-refractivity contribution in [1.29, 1.82) is 0 Å². The van der Waals surface area contributed by atoms with Crippen LogP contribution in [-0.2, 0) is 4.74 Å². The normalized spacial score (nSPS) is 20.5. The summed E-state index contributed by atoms with van der Waals surface area (Å²) in [6.45, 7) is 7.21. The van der Waals surface area contributed by atoms with Gasteiger partial charge in [0.1, 0.15) is 11.4 Å². The zero-order chi connectivity index (χ0) is 20.6. The predicted octanol–water partition coefficient (Wildman–Crippen LogP) is 3.58. The van der Waals surface area contributed by atoms with Crippen molar-refractivity contribution in [2.24, 2.45) is 5.92 Å². The molecule has 1 fully saturated rings. The second kappa shape index (κ2) is 7.72. The molecule has 1 unspecified atom stereocenters. The Kier molecular flexibility index (Phi) is 5.68. The Morgan fingerprint density at radius 2 is 2.11 bits per heavy atom. The Morgan fingerprint density at radius 1 is 1.43 bits per heavy atom. The van der Waals surface area contributed by atoms with Crippen molar-refractivity contribution < 1.29 is 14.6 Å². The van der Waals surface area contributed by atoms with E-state index in [2.05, 4.69) is 10.3 Å². The van der Waals surface area contributed by atoms with Crippen LogP contribution in [0.2, 0.25) is 5.02 Å². The van der Waals surface area contributed by atoms with E-state index in [0.29, 0.717) is 34.6 Å². The highest BCUT2D eigenvalue weighted by atomic mass is 35.5. The molecule has 1 saturated carbocycles. The third-order valence-corrected chi connectivity index (χ3v) is 5.18. The number of amides is 1. The molecule has 0 bridgehead atoms. The molecule has 0 saturated heterocycles. The molecule has 7 nitrogen and oxygen atoms in total. The van der Waals surface area contributed by atoms with E-state index in [0.717, 1.165) is 0 Å². The van der Waals surface area contributed by atoms with Gasteiger partial charge < -0.3 is 15.2 Å². The molecule has 1 aromatic heterocycles. The molecule has 1 heterocycles. The van der Waals surface area contributed by atoms with Crippen molar-refractivity contribution in [3.05, 3.63) is 39.4 Å². The number of rotatable bonds is 4. The van der Waals surface area contributed by atoms with Crippen molar-refractivity contribution in [3.8, 4) is 0 Å². The van der Waals surface area contributed by atoms with Crippen LogP contribution in [0.25, 0.3) is 10.9 Å². The number of aliphatic hydroxyl groups is 1. The maximum atomic E-state index is 13.3. The Morgan fingerprint density at radius 3 is 2.71 bits per heavy atom. The number of hydrogen-bond acceptors (Lipinski definition) is 5. The molecule has 1 aromatic carbocycles. The lowest BCUT2D eigenvalue weighted by Gasteiger charge is -2.37. The summed E-state index contributed by atoms with van der Waals surface area (Å²) in [7, 11) is 0. The number of nitrogens with zero attached hydrogens (tertiary/aromatic N) is 2. The standard InChI is InChI=1S/C20H26ClN3O4/c1-11(22-19(27)28-20(2,3)4)17-23-15-7-5-6-14(21)16(15)18(26)24(17)13-8-12(9-13)10-25/h5-7,11-13,25H,8-10H2,1-4H3,(H,22,27). The summed E-state index contributed by atoms with van der Waals surface area (Å²) in [5.74, 6) is 0.618. The zero-order valence-corrected chi connectivity index (χ0v) is 17.3. The molecular weight excluding hydrogens is 382 g/mol. The van der Waals surface area contributed by atoms with Crippen molar-refractivity contribution in [2.75, 3.05) is 6.61 Å². The monoisotopic (exact) mass is 407 g/mol. The van der Waals surface area contributed by atoms with E-state index in [9.17, 15) is 14.7 Å². The van der Waals surface area contributed by atoms with Crippen molar-refractivity contribution in [1.82, 2.24) is 14.9 Å². The maximum Gasteiger partial charge on any atom is 0.408 e. The van der Waals surface area contributed by atoms with Crippen LogP contribution < -0.4 is 10.9 Å². The Labute approximate surface area is 168 Å². The van der Waals surface area contributed by atoms with E-state index >= 15 is 0 Å². The number of alkyl carbamates (subject to hydrolysis) is 1. The molecular formula is C20H26ClN3O4. The Bertz CT molecular complexity index is 945. The molecule has 1 aliphatic carbocycles. The van der Waals surface area contributed by atoms with Gasteiger partial charge in [0.05, 0.1) is 22.0 Å². The van der Waals surface area contributed by atoms with Crippen LogP contribution in [-0.4, -0.2) is 33.0 Å². The van der Waals surface area contributed by atoms with Crippen LogP contribution in [0.3, 0.4) is 0 Å². The van der Waals surface area contributed by atoms with E-state index in [4.69, 9.17) is 16.3 Å². The molecule has 1 aliphatic rings. The maximum absolute atomic E-state index is 13.3. The lowest BCUT2D eigenvalue weighted by Crippen LogP contribution is -2.41. The first-order valence-electron chi connectivity index (χ1n) is 9.41. The van der Waals surface area contributed by atoms with Crippen molar-refractivity contribution in [2.45, 2.75) is 58.2 Å². The van der Waals surface area contributed by atoms with E-state index in [1.54, 1.807) is 50.5 Å². The molecule has 2 aromatic rings. The molecule has 3 rings (SSSR count). The summed E-state index contributed by atoms with van der Waals surface area (Å²) in [6, 6.07) is 4.50. The summed E-state index contributed by atoms with van der Waals surface area (Å²) in [5.41, 5.74) is -0.375. The number of hydrogen-bond donors (Lipinski definition) is 2.